The summed E-state index contributed by atoms with van der Waals surface area (Å²) >= 11 is 3.14. The molecule has 8 heteroatoms. The Morgan fingerprint density at radius 3 is 2.77 bits per heavy atom. The van der Waals surface area contributed by atoms with Crippen LogP contribution in [0.2, 0.25) is 0 Å². The molecule has 0 saturated carbocycles. The van der Waals surface area contributed by atoms with Gasteiger partial charge in [-0.1, -0.05) is 41.5 Å². The van der Waals surface area contributed by atoms with E-state index in [0.717, 1.165) is 40.7 Å². The normalized spacial score (nSPS) is 14.1. The minimum Gasteiger partial charge on any atom is -0.338 e. The second kappa shape index (κ2) is 8.00. The van der Waals surface area contributed by atoms with Gasteiger partial charge in [-0.25, -0.2) is 4.98 Å². The molecule has 1 aliphatic rings. The fourth-order valence-electron chi connectivity index (χ4n) is 4.01. The van der Waals surface area contributed by atoms with Crippen molar-refractivity contribution in [1.29, 1.82) is 0 Å². The first-order chi connectivity index (χ1) is 14.6. The van der Waals surface area contributed by atoms with Crippen molar-refractivity contribution < 1.29 is 4.52 Å². The van der Waals surface area contributed by atoms with Crippen LogP contribution in [0.3, 0.4) is 0 Å². The average molecular weight is 439 g/mol. The lowest BCUT2D eigenvalue weighted by atomic mass is 10.1. The summed E-state index contributed by atoms with van der Waals surface area (Å²) in [5, 5.41) is 5.32. The smallest absolute Gasteiger partial charge is 0.267 e. The largest absolute Gasteiger partial charge is 0.338 e. The van der Waals surface area contributed by atoms with Crippen molar-refractivity contribution >= 4 is 33.3 Å². The van der Waals surface area contributed by atoms with Crippen LogP contribution in [-0.2, 0) is 18.6 Å². The van der Waals surface area contributed by atoms with E-state index in [1.807, 2.05) is 31.2 Å². The Kier molecular flexibility index (Phi) is 5.20. The van der Waals surface area contributed by atoms with Crippen LogP contribution in [0, 0.1) is 13.8 Å². The van der Waals surface area contributed by atoms with Crippen molar-refractivity contribution in [2.75, 3.05) is 0 Å². The van der Waals surface area contributed by atoms with Gasteiger partial charge < -0.3 is 4.52 Å². The number of thiophene rings is 1. The molecule has 0 N–H and O–H groups in total. The van der Waals surface area contributed by atoms with Crippen LogP contribution in [0.1, 0.15) is 47.0 Å². The molecule has 0 saturated heterocycles. The van der Waals surface area contributed by atoms with Gasteiger partial charge in [-0.2, -0.15) is 4.98 Å². The number of para-hydroxylation sites is 1. The zero-order valence-corrected chi connectivity index (χ0v) is 18.6. The van der Waals surface area contributed by atoms with Gasteiger partial charge in [0, 0.05) is 4.88 Å². The average Bonchev–Trinajstić information content (AvgIpc) is 3.23. The predicted molar refractivity (Wildman–Crippen MR) is 120 cm³/mol. The predicted octanol–water partition coefficient (Wildman–Crippen LogP) is 5.01. The Labute approximate surface area is 182 Å². The summed E-state index contributed by atoms with van der Waals surface area (Å²) < 4.78 is 7.03. The second-order valence-corrected chi connectivity index (χ2v) is 9.62. The molecule has 0 atom stereocenters. The molecule has 0 radical (unpaired) electrons. The van der Waals surface area contributed by atoms with Crippen LogP contribution in [0.4, 0.5) is 0 Å². The zero-order valence-electron chi connectivity index (χ0n) is 17.0. The van der Waals surface area contributed by atoms with Crippen LogP contribution in [0.25, 0.3) is 15.9 Å². The summed E-state index contributed by atoms with van der Waals surface area (Å²) in [5.74, 6) is 1.60. The zero-order chi connectivity index (χ0) is 20.7. The number of thioether (sulfide) groups is 1. The van der Waals surface area contributed by atoms with E-state index in [2.05, 4.69) is 10.1 Å². The van der Waals surface area contributed by atoms with Crippen LogP contribution in [0.5, 0.6) is 0 Å². The molecule has 6 nitrogen and oxygen atoms in total. The van der Waals surface area contributed by atoms with E-state index in [0.29, 0.717) is 22.6 Å². The first kappa shape index (κ1) is 19.5. The minimum atomic E-state index is 0.0258. The van der Waals surface area contributed by atoms with E-state index in [9.17, 15) is 4.79 Å². The van der Waals surface area contributed by atoms with Crippen molar-refractivity contribution in [2.24, 2.45) is 0 Å². The molecule has 0 bridgehead atoms. The third kappa shape index (κ3) is 3.48. The lowest BCUT2D eigenvalue weighted by molar-refractivity contribution is 0.387. The Morgan fingerprint density at radius 2 is 1.97 bits per heavy atom. The summed E-state index contributed by atoms with van der Waals surface area (Å²) in [6.45, 7) is 3.82. The highest BCUT2D eigenvalue weighted by Gasteiger charge is 2.23. The maximum absolute atomic E-state index is 13.8. The summed E-state index contributed by atoms with van der Waals surface area (Å²) in [7, 11) is 0. The highest BCUT2D eigenvalue weighted by atomic mass is 32.2. The summed E-state index contributed by atoms with van der Waals surface area (Å²) in [5.41, 5.74) is 3.15. The molecular formula is C22H22N4O2S2. The van der Waals surface area contributed by atoms with E-state index in [4.69, 9.17) is 9.51 Å². The molecular weight excluding hydrogens is 416 g/mol. The van der Waals surface area contributed by atoms with E-state index >= 15 is 0 Å². The molecule has 30 heavy (non-hydrogen) atoms. The Morgan fingerprint density at radius 1 is 1.13 bits per heavy atom. The Balaban J connectivity index is 1.70. The molecule has 0 amide bonds. The van der Waals surface area contributed by atoms with Crippen molar-refractivity contribution in [2.45, 2.75) is 56.9 Å². The van der Waals surface area contributed by atoms with Crippen molar-refractivity contribution in [1.82, 2.24) is 19.7 Å². The molecule has 154 valence electrons. The van der Waals surface area contributed by atoms with Gasteiger partial charge in [0.2, 0.25) is 5.89 Å². The highest BCUT2D eigenvalue weighted by Crippen LogP contribution is 2.35. The van der Waals surface area contributed by atoms with Crippen molar-refractivity contribution in [3.8, 4) is 5.69 Å². The molecule has 1 aromatic carbocycles. The van der Waals surface area contributed by atoms with Crippen molar-refractivity contribution in [3.63, 3.8) is 0 Å². The van der Waals surface area contributed by atoms with Gasteiger partial charge in [-0.05, 0) is 56.7 Å². The fraction of sp³-hybridized carbons (Fsp3) is 0.364. The number of hydrogen-bond donors (Lipinski definition) is 0. The van der Waals surface area contributed by atoms with Gasteiger partial charge in [-0.15, -0.1) is 11.3 Å². The number of benzene rings is 1. The number of nitrogens with zero attached hydrogens (tertiary/aromatic N) is 4. The third-order valence-corrected chi connectivity index (χ3v) is 7.57. The lowest BCUT2D eigenvalue weighted by Crippen LogP contribution is -2.22. The molecule has 4 aromatic rings. The summed E-state index contributed by atoms with van der Waals surface area (Å²) in [6, 6.07) is 7.95. The van der Waals surface area contributed by atoms with Gasteiger partial charge in [0.15, 0.2) is 11.0 Å². The highest BCUT2D eigenvalue weighted by molar-refractivity contribution is 7.98. The van der Waals surface area contributed by atoms with E-state index in [1.165, 1.54) is 35.0 Å². The molecule has 3 aromatic heterocycles. The maximum atomic E-state index is 13.8. The molecule has 1 aliphatic carbocycles. The standard InChI is InChI=1S/C22H22N4O2S2/c1-13-8-6-7-10-16(13)26-21(27)19-15-9-4-3-5-11-17(15)30-20(19)24-22(26)29-12-18-23-14(2)25-28-18/h6-8,10H,3-5,9,11-12H2,1-2H3. The molecule has 0 aliphatic heterocycles. The van der Waals surface area contributed by atoms with E-state index in [-0.39, 0.29) is 5.56 Å². The molecule has 0 spiro atoms. The molecule has 0 unspecified atom stereocenters. The van der Waals surface area contributed by atoms with Gasteiger partial charge in [0.05, 0.1) is 16.8 Å². The number of hydrogen-bond acceptors (Lipinski definition) is 7. The minimum absolute atomic E-state index is 0.0258. The van der Waals surface area contributed by atoms with Gasteiger partial charge in [0.25, 0.3) is 5.56 Å². The first-order valence-electron chi connectivity index (χ1n) is 10.2. The second-order valence-electron chi connectivity index (χ2n) is 7.59. The van der Waals surface area contributed by atoms with Crippen LogP contribution < -0.4 is 5.56 Å². The fourth-order valence-corrected chi connectivity index (χ4v) is 6.16. The molecule has 5 rings (SSSR count). The SMILES string of the molecule is Cc1noc(CSc2nc3sc4c(c3c(=O)n2-c2ccccc2C)CCCCC4)n1. The van der Waals surface area contributed by atoms with Gasteiger partial charge >= 0.3 is 0 Å². The van der Waals surface area contributed by atoms with Crippen LogP contribution >= 0.6 is 23.1 Å². The molecule has 3 heterocycles. The number of aryl methyl sites for hydroxylation is 4. The summed E-state index contributed by atoms with van der Waals surface area (Å²) in [6.07, 6.45) is 5.55. The van der Waals surface area contributed by atoms with Crippen molar-refractivity contribution in [3.05, 3.63) is 62.3 Å². The number of rotatable bonds is 4. The van der Waals surface area contributed by atoms with E-state index in [1.54, 1.807) is 22.8 Å². The Bertz CT molecular complexity index is 1290. The van der Waals surface area contributed by atoms with Gasteiger partial charge in [-0.3, -0.25) is 9.36 Å². The maximum Gasteiger partial charge on any atom is 0.267 e. The Hall–Kier alpha value is -2.45. The van der Waals surface area contributed by atoms with Crippen LogP contribution in [0.15, 0.2) is 38.7 Å². The third-order valence-electron chi connectivity index (χ3n) is 5.46. The van der Waals surface area contributed by atoms with E-state index < -0.39 is 0 Å². The lowest BCUT2D eigenvalue weighted by Gasteiger charge is -2.14. The number of aromatic nitrogens is 4. The first-order valence-corrected chi connectivity index (χ1v) is 12.0. The summed E-state index contributed by atoms with van der Waals surface area (Å²) in [4.78, 5) is 25.3. The topological polar surface area (TPSA) is 73.8 Å². The monoisotopic (exact) mass is 438 g/mol. The molecule has 0 fully saturated rings. The van der Waals surface area contributed by atoms with Gasteiger partial charge in [0.1, 0.15) is 4.83 Å². The van der Waals surface area contributed by atoms with Crippen LogP contribution in [-0.4, -0.2) is 19.7 Å². The number of fused-ring (bicyclic) bond motifs is 3. The quantitative estimate of drug-likeness (QED) is 0.253.